The van der Waals surface area contributed by atoms with Gasteiger partial charge < -0.3 is 10.4 Å². The van der Waals surface area contributed by atoms with Gasteiger partial charge >= 0.3 is 12.1 Å². The standard InChI is InChI=1S/C11H6ClF3N2O2S/c12-6-3-1-2-5(11(13,14)15)7(6)17-9-8(10(18)19)16-4-20-9/h1-4,17H,(H,18,19). The second-order valence-corrected chi connectivity index (χ2v) is 4.88. The molecule has 0 radical (unpaired) electrons. The van der Waals surface area contributed by atoms with Crippen molar-refractivity contribution in [1.29, 1.82) is 0 Å². The molecule has 1 aromatic heterocycles. The van der Waals surface area contributed by atoms with Crippen molar-refractivity contribution in [3.8, 4) is 0 Å². The van der Waals surface area contributed by atoms with Crippen molar-refractivity contribution in [2.45, 2.75) is 6.18 Å². The summed E-state index contributed by atoms with van der Waals surface area (Å²) in [6.07, 6.45) is -4.61. The second-order valence-electron chi connectivity index (χ2n) is 3.62. The largest absolute Gasteiger partial charge is 0.476 e. The maximum Gasteiger partial charge on any atom is 0.418 e. The highest BCUT2D eigenvalue weighted by Crippen LogP contribution is 2.40. The number of rotatable bonds is 3. The van der Waals surface area contributed by atoms with Crippen molar-refractivity contribution < 1.29 is 23.1 Å². The van der Waals surface area contributed by atoms with Gasteiger partial charge in [0.15, 0.2) is 5.69 Å². The average molecular weight is 323 g/mol. The van der Waals surface area contributed by atoms with Gasteiger partial charge in [0.05, 0.1) is 21.8 Å². The molecule has 0 bridgehead atoms. The van der Waals surface area contributed by atoms with Gasteiger partial charge in [-0.25, -0.2) is 9.78 Å². The van der Waals surface area contributed by atoms with Crippen LogP contribution in [-0.4, -0.2) is 16.1 Å². The fourth-order valence-corrected chi connectivity index (χ4v) is 2.39. The topological polar surface area (TPSA) is 62.2 Å². The second kappa shape index (κ2) is 5.29. The van der Waals surface area contributed by atoms with Crippen LogP contribution >= 0.6 is 22.9 Å². The third kappa shape index (κ3) is 2.86. The van der Waals surface area contributed by atoms with Crippen molar-refractivity contribution in [2.24, 2.45) is 0 Å². The van der Waals surface area contributed by atoms with Crippen molar-refractivity contribution in [3.63, 3.8) is 0 Å². The van der Waals surface area contributed by atoms with E-state index >= 15 is 0 Å². The minimum Gasteiger partial charge on any atom is -0.476 e. The van der Waals surface area contributed by atoms with Gasteiger partial charge in [-0.15, -0.1) is 11.3 Å². The van der Waals surface area contributed by atoms with Gasteiger partial charge in [-0.1, -0.05) is 17.7 Å². The van der Waals surface area contributed by atoms with Crippen LogP contribution in [0.25, 0.3) is 0 Å². The highest BCUT2D eigenvalue weighted by Gasteiger charge is 2.34. The maximum absolute atomic E-state index is 12.9. The lowest BCUT2D eigenvalue weighted by atomic mass is 10.1. The fraction of sp³-hybridized carbons (Fsp3) is 0.0909. The number of anilines is 2. The first-order valence-corrected chi connectivity index (χ1v) is 6.36. The number of nitrogens with zero attached hydrogens (tertiary/aromatic N) is 1. The van der Waals surface area contributed by atoms with Crippen LogP contribution in [0.4, 0.5) is 23.9 Å². The third-order valence-electron chi connectivity index (χ3n) is 2.33. The minimum absolute atomic E-state index is 0.0175. The smallest absolute Gasteiger partial charge is 0.418 e. The molecular weight excluding hydrogens is 317 g/mol. The Morgan fingerprint density at radius 2 is 2.10 bits per heavy atom. The summed E-state index contributed by atoms with van der Waals surface area (Å²) in [5, 5.41) is 11.1. The van der Waals surface area contributed by atoms with Gasteiger partial charge in [0, 0.05) is 0 Å². The van der Waals surface area contributed by atoms with E-state index in [-0.39, 0.29) is 15.7 Å². The Hall–Kier alpha value is -1.80. The molecule has 0 aliphatic heterocycles. The molecule has 0 saturated heterocycles. The molecule has 0 saturated carbocycles. The third-order valence-corrected chi connectivity index (χ3v) is 3.38. The number of hydrogen-bond acceptors (Lipinski definition) is 4. The van der Waals surface area contributed by atoms with Crippen LogP contribution in [0.1, 0.15) is 16.1 Å². The molecule has 0 fully saturated rings. The Bertz CT molecular complexity index is 657. The Morgan fingerprint density at radius 1 is 1.40 bits per heavy atom. The molecule has 106 valence electrons. The van der Waals surface area contributed by atoms with Crippen molar-refractivity contribution in [1.82, 2.24) is 4.98 Å². The van der Waals surface area contributed by atoms with Crippen LogP contribution in [0.3, 0.4) is 0 Å². The predicted molar refractivity (Wildman–Crippen MR) is 68.8 cm³/mol. The van der Waals surface area contributed by atoms with E-state index in [0.717, 1.165) is 17.4 Å². The molecule has 0 unspecified atom stereocenters. The number of halogens is 4. The number of para-hydroxylation sites is 1. The zero-order valence-corrected chi connectivity index (χ0v) is 11.1. The fourth-order valence-electron chi connectivity index (χ4n) is 1.49. The van der Waals surface area contributed by atoms with Crippen LogP contribution in [0, 0.1) is 0 Å². The van der Waals surface area contributed by atoms with Crippen molar-refractivity contribution >= 4 is 39.6 Å². The Morgan fingerprint density at radius 3 is 2.70 bits per heavy atom. The van der Waals surface area contributed by atoms with E-state index in [9.17, 15) is 18.0 Å². The highest BCUT2D eigenvalue weighted by molar-refractivity contribution is 7.14. The molecule has 4 nitrogen and oxygen atoms in total. The molecule has 2 aromatic rings. The molecule has 20 heavy (non-hydrogen) atoms. The summed E-state index contributed by atoms with van der Waals surface area (Å²) in [4.78, 5) is 14.5. The molecule has 2 N–H and O–H groups in total. The summed E-state index contributed by atoms with van der Waals surface area (Å²) in [5.74, 6) is -1.34. The summed E-state index contributed by atoms with van der Waals surface area (Å²) < 4.78 is 38.7. The Balaban J connectivity index is 2.48. The molecule has 0 spiro atoms. The molecule has 9 heteroatoms. The lowest BCUT2D eigenvalue weighted by Crippen LogP contribution is -2.10. The van der Waals surface area contributed by atoms with Crippen molar-refractivity contribution in [2.75, 3.05) is 5.32 Å². The van der Waals surface area contributed by atoms with E-state index in [1.54, 1.807) is 0 Å². The monoisotopic (exact) mass is 322 g/mol. The van der Waals surface area contributed by atoms with Gasteiger partial charge in [-0.3, -0.25) is 0 Å². The highest BCUT2D eigenvalue weighted by atomic mass is 35.5. The van der Waals surface area contributed by atoms with Gasteiger partial charge in [0.25, 0.3) is 0 Å². The number of hydrogen-bond donors (Lipinski definition) is 2. The SMILES string of the molecule is O=C(O)c1ncsc1Nc1c(Cl)cccc1C(F)(F)F. The number of aromatic nitrogens is 1. The normalized spacial score (nSPS) is 11.4. The number of carboxylic acids is 1. The van der Waals surface area contributed by atoms with Crippen LogP contribution in [0.15, 0.2) is 23.7 Å². The van der Waals surface area contributed by atoms with E-state index in [2.05, 4.69) is 10.3 Å². The number of nitrogens with one attached hydrogen (secondary N) is 1. The van der Waals surface area contributed by atoms with Gasteiger partial charge in [-0.2, -0.15) is 13.2 Å². The number of alkyl halides is 3. The number of carbonyl (C=O) groups is 1. The number of benzene rings is 1. The lowest BCUT2D eigenvalue weighted by molar-refractivity contribution is -0.136. The summed E-state index contributed by atoms with van der Waals surface area (Å²) in [5.41, 5.74) is -0.512. The Labute approximate surface area is 119 Å². The first kappa shape index (κ1) is 14.6. The quantitative estimate of drug-likeness (QED) is 0.886. The van der Waals surface area contributed by atoms with E-state index in [1.807, 2.05) is 0 Å². The number of aromatic carboxylic acids is 1. The first-order valence-electron chi connectivity index (χ1n) is 5.10. The zero-order chi connectivity index (χ0) is 14.9. The zero-order valence-electron chi connectivity index (χ0n) is 9.53. The maximum atomic E-state index is 12.9. The number of carboxylic acid groups (broad SMARTS) is 1. The van der Waals surface area contributed by atoms with Crippen LogP contribution in [0.2, 0.25) is 5.02 Å². The molecule has 0 amide bonds. The van der Waals surface area contributed by atoms with Crippen LogP contribution in [0.5, 0.6) is 0 Å². The summed E-state index contributed by atoms with van der Waals surface area (Å²) in [7, 11) is 0. The van der Waals surface area contributed by atoms with Gasteiger partial charge in [0.1, 0.15) is 5.00 Å². The molecule has 1 heterocycles. The Kier molecular flexibility index (Phi) is 3.87. The summed E-state index contributed by atoms with van der Waals surface area (Å²) >= 11 is 6.63. The molecule has 1 aromatic carbocycles. The molecule has 0 aliphatic rings. The lowest BCUT2D eigenvalue weighted by Gasteiger charge is -2.15. The average Bonchev–Trinajstić information content (AvgIpc) is 2.78. The summed E-state index contributed by atoms with van der Waals surface area (Å²) in [6.45, 7) is 0. The first-order chi connectivity index (χ1) is 9.30. The minimum atomic E-state index is -4.61. The summed E-state index contributed by atoms with van der Waals surface area (Å²) in [6, 6.07) is 3.30. The van der Waals surface area contributed by atoms with Crippen LogP contribution in [-0.2, 0) is 6.18 Å². The van der Waals surface area contributed by atoms with E-state index < -0.39 is 23.4 Å². The van der Waals surface area contributed by atoms with Crippen molar-refractivity contribution in [3.05, 3.63) is 40.0 Å². The molecular formula is C11H6ClF3N2O2S. The van der Waals surface area contributed by atoms with Crippen LogP contribution < -0.4 is 5.32 Å². The molecule has 2 rings (SSSR count). The molecule has 0 aliphatic carbocycles. The van der Waals surface area contributed by atoms with Gasteiger partial charge in [-0.05, 0) is 12.1 Å². The molecule has 0 atom stereocenters. The van der Waals surface area contributed by atoms with E-state index in [4.69, 9.17) is 16.7 Å². The number of thiazole rings is 1. The van der Waals surface area contributed by atoms with E-state index in [0.29, 0.717) is 0 Å². The van der Waals surface area contributed by atoms with Gasteiger partial charge in [0.2, 0.25) is 0 Å². The van der Waals surface area contributed by atoms with E-state index in [1.165, 1.54) is 17.6 Å². The predicted octanol–water partition coefficient (Wildman–Crippen LogP) is 4.26.